The maximum Gasteiger partial charge on any atom is 0.303 e. The molecule has 1 aliphatic carbocycles. The maximum absolute atomic E-state index is 12.8. The number of carboxylic acid groups (broad SMARTS) is 1. The van der Waals surface area contributed by atoms with Gasteiger partial charge in [0, 0.05) is 12.5 Å². The molecule has 1 amide bonds. The van der Waals surface area contributed by atoms with Crippen LogP contribution in [0.15, 0.2) is 18.2 Å². The third-order valence-corrected chi connectivity index (χ3v) is 5.03. The van der Waals surface area contributed by atoms with Gasteiger partial charge < -0.3 is 19.9 Å². The van der Waals surface area contributed by atoms with E-state index in [-0.39, 0.29) is 18.4 Å². The molecule has 6 nitrogen and oxygen atoms in total. The lowest BCUT2D eigenvalue weighted by atomic mass is 9.84. The van der Waals surface area contributed by atoms with Gasteiger partial charge in [0.2, 0.25) is 0 Å². The van der Waals surface area contributed by atoms with Gasteiger partial charge in [0.05, 0.1) is 19.8 Å². The molecule has 144 valence electrons. The first-order valence-electron chi connectivity index (χ1n) is 9.28. The topological polar surface area (TPSA) is 84.9 Å². The highest BCUT2D eigenvalue weighted by Gasteiger charge is 2.23. The van der Waals surface area contributed by atoms with Crippen molar-refractivity contribution in [1.29, 1.82) is 0 Å². The Kier molecular flexibility index (Phi) is 7.75. The van der Waals surface area contributed by atoms with E-state index in [1.165, 1.54) is 33.5 Å². The molecule has 0 bridgehead atoms. The van der Waals surface area contributed by atoms with Crippen LogP contribution in [-0.4, -0.2) is 37.2 Å². The van der Waals surface area contributed by atoms with Crippen molar-refractivity contribution < 1.29 is 24.2 Å². The molecule has 1 aliphatic rings. The van der Waals surface area contributed by atoms with Gasteiger partial charge in [0.1, 0.15) is 0 Å². The highest BCUT2D eigenvalue weighted by atomic mass is 16.5. The van der Waals surface area contributed by atoms with Crippen LogP contribution in [0.3, 0.4) is 0 Å². The monoisotopic (exact) mass is 363 g/mol. The zero-order chi connectivity index (χ0) is 18.9. The van der Waals surface area contributed by atoms with Crippen LogP contribution in [0.4, 0.5) is 0 Å². The molecule has 0 saturated heterocycles. The SMILES string of the molecule is COc1cccc(C(=O)NC(CCC(=O)O)CC2CCCCC2)c1OC. The summed E-state index contributed by atoms with van der Waals surface area (Å²) in [6, 6.07) is 5.01. The average molecular weight is 363 g/mol. The van der Waals surface area contributed by atoms with E-state index in [1.807, 2.05) is 0 Å². The van der Waals surface area contributed by atoms with Crippen molar-refractivity contribution in [2.24, 2.45) is 5.92 Å². The van der Waals surface area contributed by atoms with E-state index in [4.69, 9.17) is 14.6 Å². The summed E-state index contributed by atoms with van der Waals surface area (Å²) in [5, 5.41) is 12.0. The Balaban J connectivity index is 2.10. The van der Waals surface area contributed by atoms with Crippen LogP contribution in [0.25, 0.3) is 0 Å². The van der Waals surface area contributed by atoms with Crippen molar-refractivity contribution in [2.75, 3.05) is 14.2 Å². The first-order chi connectivity index (χ1) is 12.5. The second-order valence-electron chi connectivity index (χ2n) is 6.88. The van der Waals surface area contributed by atoms with Crippen molar-refractivity contribution in [3.05, 3.63) is 23.8 Å². The second kappa shape index (κ2) is 10.0. The fraction of sp³-hybridized carbons (Fsp3) is 0.600. The molecule has 0 spiro atoms. The largest absolute Gasteiger partial charge is 0.493 e. The fourth-order valence-electron chi connectivity index (χ4n) is 3.70. The van der Waals surface area contributed by atoms with Gasteiger partial charge in [-0.2, -0.15) is 0 Å². The zero-order valence-corrected chi connectivity index (χ0v) is 15.6. The van der Waals surface area contributed by atoms with Crippen molar-refractivity contribution in [3.8, 4) is 11.5 Å². The van der Waals surface area contributed by atoms with Gasteiger partial charge in [-0.25, -0.2) is 0 Å². The summed E-state index contributed by atoms with van der Waals surface area (Å²) in [5.41, 5.74) is 0.399. The molecule has 0 heterocycles. The minimum Gasteiger partial charge on any atom is -0.493 e. The van der Waals surface area contributed by atoms with E-state index >= 15 is 0 Å². The lowest BCUT2D eigenvalue weighted by Crippen LogP contribution is -2.37. The van der Waals surface area contributed by atoms with E-state index < -0.39 is 5.97 Å². The van der Waals surface area contributed by atoms with E-state index in [0.29, 0.717) is 29.4 Å². The third kappa shape index (κ3) is 5.64. The lowest BCUT2D eigenvalue weighted by molar-refractivity contribution is -0.137. The van der Waals surface area contributed by atoms with Crippen LogP contribution in [0.2, 0.25) is 0 Å². The minimum absolute atomic E-state index is 0.0485. The molecule has 1 saturated carbocycles. The van der Waals surface area contributed by atoms with Gasteiger partial charge in [-0.05, 0) is 30.9 Å². The number of carboxylic acids is 1. The summed E-state index contributed by atoms with van der Waals surface area (Å²) < 4.78 is 10.6. The minimum atomic E-state index is -0.841. The molecule has 6 heteroatoms. The highest BCUT2D eigenvalue weighted by Crippen LogP contribution is 2.31. The third-order valence-electron chi connectivity index (χ3n) is 5.03. The molecule has 1 unspecified atom stereocenters. The van der Waals surface area contributed by atoms with Crippen molar-refractivity contribution in [2.45, 2.75) is 57.4 Å². The molecule has 1 aromatic carbocycles. The summed E-state index contributed by atoms with van der Waals surface area (Å²) in [4.78, 5) is 23.8. The number of nitrogens with one attached hydrogen (secondary N) is 1. The zero-order valence-electron chi connectivity index (χ0n) is 15.6. The van der Waals surface area contributed by atoms with E-state index in [9.17, 15) is 9.59 Å². The average Bonchev–Trinajstić information content (AvgIpc) is 2.66. The maximum atomic E-state index is 12.8. The molecule has 0 radical (unpaired) electrons. The summed E-state index contributed by atoms with van der Waals surface area (Å²) in [7, 11) is 3.02. The normalized spacial score (nSPS) is 15.9. The van der Waals surface area contributed by atoms with Gasteiger partial charge >= 0.3 is 5.97 Å². The number of para-hydroxylation sites is 1. The Labute approximate surface area is 154 Å². The standard InChI is InChI=1S/C20H29NO5/c1-25-17-10-6-9-16(19(17)26-2)20(24)21-15(11-12-18(22)23)13-14-7-4-3-5-8-14/h6,9-10,14-15H,3-5,7-8,11-13H2,1-2H3,(H,21,24)(H,22,23). The number of aliphatic carboxylic acids is 1. The fourth-order valence-corrected chi connectivity index (χ4v) is 3.70. The molecule has 26 heavy (non-hydrogen) atoms. The number of benzene rings is 1. The summed E-state index contributed by atoms with van der Waals surface area (Å²) in [6.07, 6.45) is 7.32. The number of hydrogen-bond donors (Lipinski definition) is 2. The molecule has 0 aliphatic heterocycles. The van der Waals surface area contributed by atoms with Crippen molar-refractivity contribution in [1.82, 2.24) is 5.32 Å². The Morgan fingerprint density at radius 3 is 2.54 bits per heavy atom. The second-order valence-corrected chi connectivity index (χ2v) is 6.88. The summed E-state index contributed by atoms with van der Waals surface area (Å²) in [5.74, 6) is 0.338. The van der Waals surface area contributed by atoms with Crippen LogP contribution in [0.5, 0.6) is 11.5 Å². The molecule has 1 fully saturated rings. The molecular weight excluding hydrogens is 334 g/mol. The van der Waals surface area contributed by atoms with Crippen LogP contribution in [0.1, 0.15) is 61.7 Å². The Morgan fingerprint density at radius 1 is 1.19 bits per heavy atom. The van der Waals surface area contributed by atoms with Crippen LogP contribution >= 0.6 is 0 Å². The summed E-state index contributed by atoms with van der Waals surface area (Å²) >= 11 is 0. The van der Waals surface area contributed by atoms with Gasteiger partial charge in [0.25, 0.3) is 5.91 Å². The van der Waals surface area contributed by atoms with Crippen LogP contribution < -0.4 is 14.8 Å². The van der Waals surface area contributed by atoms with Gasteiger partial charge in [-0.1, -0.05) is 38.2 Å². The highest BCUT2D eigenvalue weighted by molar-refractivity contribution is 5.98. The lowest BCUT2D eigenvalue weighted by Gasteiger charge is -2.27. The Hall–Kier alpha value is -2.24. The molecule has 1 atom stereocenters. The Bertz CT molecular complexity index is 610. The van der Waals surface area contributed by atoms with Crippen molar-refractivity contribution >= 4 is 11.9 Å². The summed E-state index contributed by atoms with van der Waals surface area (Å²) in [6.45, 7) is 0. The van der Waals surface area contributed by atoms with Gasteiger partial charge in [0.15, 0.2) is 11.5 Å². The number of carbonyl (C=O) groups excluding carboxylic acids is 1. The number of methoxy groups -OCH3 is 2. The predicted octanol–water partition coefficient (Wildman–Crippen LogP) is 3.64. The van der Waals surface area contributed by atoms with Crippen molar-refractivity contribution in [3.63, 3.8) is 0 Å². The number of hydrogen-bond acceptors (Lipinski definition) is 4. The quantitative estimate of drug-likeness (QED) is 0.700. The predicted molar refractivity (Wildman–Crippen MR) is 98.9 cm³/mol. The first-order valence-corrected chi connectivity index (χ1v) is 9.28. The van der Waals surface area contributed by atoms with E-state index in [2.05, 4.69) is 5.32 Å². The van der Waals surface area contributed by atoms with Gasteiger partial charge in [-0.15, -0.1) is 0 Å². The first kappa shape index (κ1) is 20.1. The molecule has 2 N–H and O–H groups in total. The van der Waals surface area contributed by atoms with Crippen LogP contribution in [0, 0.1) is 5.92 Å². The number of amides is 1. The molecule has 2 rings (SSSR count). The van der Waals surface area contributed by atoms with E-state index in [0.717, 1.165) is 19.3 Å². The number of ether oxygens (including phenoxy) is 2. The molecule has 0 aromatic heterocycles. The number of rotatable bonds is 9. The Morgan fingerprint density at radius 2 is 1.92 bits per heavy atom. The smallest absolute Gasteiger partial charge is 0.303 e. The molecule has 1 aromatic rings. The van der Waals surface area contributed by atoms with Gasteiger partial charge in [-0.3, -0.25) is 9.59 Å². The number of carbonyl (C=O) groups is 2. The molecular formula is C20H29NO5. The van der Waals surface area contributed by atoms with Crippen LogP contribution in [-0.2, 0) is 4.79 Å². The van der Waals surface area contributed by atoms with E-state index in [1.54, 1.807) is 18.2 Å².